The van der Waals surface area contributed by atoms with Gasteiger partial charge in [0.1, 0.15) is 0 Å². The van der Waals surface area contributed by atoms with Gasteiger partial charge in [-0.1, -0.05) is 0 Å². The van der Waals surface area contributed by atoms with E-state index in [1.54, 1.807) is 0 Å². The summed E-state index contributed by atoms with van der Waals surface area (Å²) in [5.74, 6) is 1.80. The fourth-order valence-electron chi connectivity index (χ4n) is 1.97. The predicted octanol–water partition coefficient (Wildman–Crippen LogP) is 1.40. The maximum Gasteiger partial charge on any atom is 0.155 e. The SMILES string of the molecule is Cc1nnc(N(C)CC2CC2)c(CN)c1C. The Bertz CT molecular complexity index is 385. The summed E-state index contributed by atoms with van der Waals surface area (Å²) in [6.45, 7) is 5.66. The van der Waals surface area contributed by atoms with E-state index in [0.717, 1.165) is 29.5 Å². The van der Waals surface area contributed by atoms with Crippen molar-refractivity contribution in [1.82, 2.24) is 10.2 Å². The molecule has 1 aliphatic carbocycles. The van der Waals surface area contributed by atoms with Crippen LogP contribution in [0.3, 0.4) is 0 Å². The number of hydrogen-bond acceptors (Lipinski definition) is 4. The van der Waals surface area contributed by atoms with Crippen molar-refractivity contribution in [2.24, 2.45) is 11.7 Å². The second-order valence-electron chi connectivity index (χ2n) is 4.74. The number of hydrogen-bond donors (Lipinski definition) is 1. The summed E-state index contributed by atoms with van der Waals surface area (Å²) in [7, 11) is 2.08. The van der Waals surface area contributed by atoms with Crippen LogP contribution in [0.15, 0.2) is 0 Å². The predicted molar refractivity (Wildman–Crippen MR) is 65.4 cm³/mol. The minimum atomic E-state index is 0.534. The van der Waals surface area contributed by atoms with Crippen molar-refractivity contribution in [3.8, 4) is 0 Å². The molecular weight excluding hydrogens is 200 g/mol. The maximum absolute atomic E-state index is 5.81. The summed E-state index contributed by atoms with van der Waals surface area (Å²) in [4.78, 5) is 2.19. The second-order valence-corrected chi connectivity index (χ2v) is 4.74. The van der Waals surface area contributed by atoms with E-state index in [1.165, 1.54) is 18.4 Å². The smallest absolute Gasteiger partial charge is 0.155 e. The van der Waals surface area contributed by atoms with Gasteiger partial charge in [-0.3, -0.25) is 0 Å². The summed E-state index contributed by atoms with van der Waals surface area (Å²) in [5, 5.41) is 8.48. The summed E-state index contributed by atoms with van der Waals surface area (Å²) >= 11 is 0. The summed E-state index contributed by atoms with van der Waals surface area (Å²) in [5.41, 5.74) is 9.10. The molecule has 0 spiro atoms. The van der Waals surface area contributed by atoms with Crippen LogP contribution in [0.1, 0.15) is 29.7 Å². The van der Waals surface area contributed by atoms with Crippen LogP contribution in [0.5, 0.6) is 0 Å². The highest BCUT2D eigenvalue weighted by Gasteiger charge is 2.24. The highest BCUT2D eigenvalue weighted by molar-refractivity contribution is 5.50. The lowest BCUT2D eigenvalue weighted by Gasteiger charge is -2.21. The van der Waals surface area contributed by atoms with Gasteiger partial charge in [-0.05, 0) is 38.2 Å². The molecule has 1 aromatic heterocycles. The number of nitrogens with two attached hydrogens (primary N) is 1. The molecule has 4 nitrogen and oxygen atoms in total. The molecule has 0 aromatic carbocycles. The monoisotopic (exact) mass is 220 g/mol. The van der Waals surface area contributed by atoms with Crippen molar-refractivity contribution in [1.29, 1.82) is 0 Å². The zero-order chi connectivity index (χ0) is 11.7. The van der Waals surface area contributed by atoms with Crippen LogP contribution in [0.25, 0.3) is 0 Å². The Balaban J connectivity index is 2.27. The molecule has 2 rings (SSSR count). The van der Waals surface area contributed by atoms with Crippen molar-refractivity contribution in [2.75, 3.05) is 18.5 Å². The number of nitrogens with zero attached hydrogens (tertiary/aromatic N) is 3. The minimum Gasteiger partial charge on any atom is -0.358 e. The van der Waals surface area contributed by atoms with Crippen molar-refractivity contribution in [2.45, 2.75) is 33.2 Å². The molecule has 4 heteroatoms. The lowest BCUT2D eigenvalue weighted by molar-refractivity contribution is 0.754. The van der Waals surface area contributed by atoms with Gasteiger partial charge >= 0.3 is 0 Å². The molecule has 0 amide bonds. The summed E-state index contributed by atoms with van der Waals surface area (Å²) in [6.07, 6.45) is 2.70. The van der Waals surface area contributed by atoms with Gasteiger partial charge in [0, 0.05) is 25.7 Å². The Hall–Kier alpha value is -1.16. The molecule has 1 saturated carbocycles. The van der Waals surface area contributed by atoms with Crippen LogP contribution in [0.2, 0.25) is 0 Å². The Morgan fingerprint density at radius 2 is 2.00 bits per heavy atom. The van der Waals surface area contributed by atoms with Gasteiger partial charge in [-0.25, -0.2) is 0 Å². The van der Waals surface area contributed by atoms with Crippen molar-refractivity contribution < 1.29 is 0 Å². The van der Waals surface area contributed by atoms with E-state index in [2.05, 4.69) is 29.1 Å². The summed E-state index contributed by atoms with van der Waals surface area (Å²) < 4.78 is 0. The van der Waals surface area contributed by atoms with Crippen molar-refractivity contribution in [3.63, 3.8) is 0 Å². The standard InChI is InChI=1S/C12H20N4/c1-8-9(2)14-15-12(11(8)6-13)16(3)7-10-4-5-10/h10H,4-7,13H2,1-3H3. The molecule has 0 atom stereocenters. The zero-order valence-corrected chi connectivity index (χ0v) is 10.3. The molecule has 1 fully saturated rings. The van der Waals surface area contributed by atoms with Crippen molar-refractivity contribution in [3.05, 3.63) is 16.8 Å². The molecule has 16 heavy (non-hydrogen) atoms. The fourth-order valence-corrected chi connectivity index (χ4v) is 1.97. The fraction of sp³-hybridized carbons (Fsp3) is 0.667. The molecular formula is C12H20N4. The Morgan fingerprint density at radius 3 is 2.56 bits per heavy atom. The van der Waals surface area contributed by atoms with Crippen LogP contribution in [-0.4, -0.2) is 23.8 Å². The molecule has 1 aliphatic rings. The number of aromatic nitrogens is 2. The number of anilines is 1. The van der Waals surface area contributed by atoms with E-state index >= 15 is 0 Å². The normalized spacial score (nSPS) is 15.2. The first-order valence-corrected chi connectivity index (χ1v) is 5.87. The van der Waals surface area contributed by atoms with E-state index in [9.17, 15) is 0 Å². The zero-order valence-electron chi connectivity index (χ0n) is 10.3. The Kier molecular flexibility index (Phi) is 3.10. The highest BCUT2D eigenvalue weighted by atomic mass is 15.3. The van der Waals surface area contributed by atoms with Gasteiger partial charge in [-0.2, -0.15) is 5.10 Å². The van der Waals surface area contributed by atoms with Gasteiger partial charge in [-0.15, -0.1) is 5.10 Å². The van der Waals surface area contributed by atoms with E-state index in [-0.39, 0.29) is 0 Å². The summed E-state index contributed by atoms with van der Waals surface area (Å²) in [6, 6.07) is 0. The molecule has 0 aliphatic heterocycles. The molecule has 1 aromatic rings. The third kappa shape index (κ3) is 2.16. The van der Waals surface area contributed by atoms with Crippen LogP contribution in [-0.2, 0) is 6.54 Å². The van der Waals surface area contributed by atoms with Gasteiger partial charge in [0.25, 0.3) is 0 Å². The third-order valence-corrected chi connectivity index (χ3v) is 3.35. The first-order valence-electron chi connectivity index (χ1n) is 5.87. The van der Waals surface area contributed by atoms with Crippen LogP contribution in [0.4, 0.5) is 5.82 Å². The van der Waals surface area contributed by atoms with E-state index in [1.807, 2.05) is 6.92 Å². The lowest BCUT2D eigenvalue weighted by atomic mass is 10.1. The highest BCUT2D eigenvalue weighted by Crippen LogP contribution is 2.31. The minimum absolute atomic E-state index is 0.534. The Morgan fingerprint density at radius 1 is 1.31 bits per heavy atom. The van der Waals surface area contributed by atoms with Gasteiger partial charge in [0.2, 0.25) is 0 Å². The molecule has 0 unspecified atom stereocenters. The average Bonchev–Trinajstić information content (AvgIpc) is 3.05. The molecule has 2 N–H and O–H groups in total. The van der Waals surface area contributed by atoms with E-state index < -0.39 is 0 Å². The quantitative estimate of drug-likeness (QED) is 0.833. The Labute approximate surface area is 96.9 Å². The molecule has 0 radical (unpaired) electrons. The first-order chi connectivity index (χ1) is 7.63. The van der Waals surface area contributed by atoms with Crippen LogP contribution >= 0.6 is 0 Å². The van der Waals surface area contributed by atoms with Crippen molar-refractivity contribution >= 4 is 5.82 Å². The largest absolute Gasteiger partial charge is 0.358 e. The first kappa shape index (κ1) is 11.3. The average molecular weight is 220 g/mol. The van der Waals surface area contributed by atoms with Crippen LogP contribution in [0, 0.1) is 19.8 Å². The lowest BCUT2D eigenvalue weighted by Crippen LogP contribution is -2.24. The molecule has 0 saturated heterocycles. The van der Waals surface area contributed by atoms with Gasteiger partial charge < -0.3 is 10.6 Å². The van der Waals surface area contributed by atoms with Crippen LogP contribution < -0.4 is 10.6 Å². The van der Waals surface area contributed by atoms with Gasteiger partial charge in [0.15, 0.2) is 5.82 Å². The molecule has 88 valence electrons. The molecule has 1 heterocycles. The number of rotatable bonds is 4. The van der Waals surface area contributed by atoms with E-state index in [4.69, 9.17) is 5.73 Å². The second kappa shape index (κ2) is 4.37. The maximum atomic E-state index is 5.81. The van der Waals surface area contributed by atoms with E-state index in [0.29, 0.717) is 6.54 Å². The molecule has 0 bridgehead atoms. The number of aryl methyl sites for hydroxylation is 1. The third-order valence-electron chi connectivity index (χ3n) is 3.35. The van der Waals surface area contributed by atoms with Gasteiger partial charge in [0.05, 0.1) is 5.69 Å². The topological polar surface area (TPSA) is 55.0 Å².